The Bertz CT molecular complexity index is 868. The molecule has 0 radical (unpaired) electrons. The van der Waals surface area contributed by atoms with Crippen LogP contribution in [0.5, 0.6) is 0 Å². The Hall–Kier alpha value is -2.97. The first-order valence-electron chi connectivity index (χ1n) is 8.74. The van der Waals surface area contributed by atoms with E-state index in [-0.39, 0.29) is 5.82 Å². The number of hydrogen-bond donors (Lipinski definition) is 0. The fourth-order valence-electron chi connectivity index (χ4n) is 3.76. The van der Waals surface area contributed by atoms with Gasteiger partial charge in [-0.1, -0.05) is 103 Å². The fourth-order valence-corrected chi connectivity index (χ4v) is 8.51. The summed E-state index contributed by atoms with van der Waals surface area (Å²) in [7, 11) is -2.49. The summed E-state index contributed by atoms with van der Waals surface area (Å²) in [5.74, 6) is -0.203. The van der Waals surface area contributed by atoms with Crippen LogP contribution < -0.4 is 20.7 Å². The zero-order valence-electron chi connectivity index (χ0n) is 14.3. The van der Waals surface area contributed by atoms with Crippen LogP contribution in [-0.2, 0) is 0 Å². The monoisotopic (exact) mass is 354 g/mol. The highest BCUT2D eigenvalue weighted by molar-refractivity contribution is 7.19. The van der Waals surface area contributed by atoms with Gasteiger partial charge >= 0.3 is 0 Å². The first kappa shape index (κ1) is 16.5. The van der Waals surface area contributed by atoms with Crippen molar-refractivity contribution >= 4 is 28.8 Å². The largest absolute Gasteiger partial charge is 0.207 e. The maximum Gasteiger partial charge on any atom is 0.179 e. The van der Waals surface area contributed by atoms with Crippen LogP contribution in [0.15, 0.2) is 115 Å². The second kappa shape index (κ2) is 7.10. The van der Waals surface area contributed by atoms with Crippen molar-refractivity contribution in [1.82, 2.24) is 0 Å². The van der Waals surface area contributed by atoms with Crippen molar-refractivity contribution in [1.29, 1.82) is 0 Å². The van der Waals surface area contributed by atoms with E-state index >= 15 is 0 Å². The van der Waals surface area contributed by atoms with Gasteiger partial charge in [0.25, 0.3) is 0 Å². The highest BCUT2D eigenvalue weighted by Gasteiger charge is 2.41. The average Bonchev–Trinajstić information content (AvgIpc) is 2.72. The SMILES string of the molecule is Fc1ccc([Si](c2ccccc2)(c2ccccc2)c2ccccc2)cc1. The molecule has 26 heavy (non-hydrogen) atoms. The van der Waals surface area contributed by atoms with Crippen LogP contribution >= 0.6 is 0 Å². The molecule has 0 bridgehead atoms. The summed E-state index contributed by atoms with van der Waals surface area (Å²) in [6.07, 6.45) is 0. The lowest BCUT2D eigenvalue weighted by molar-refractivity contribution is 0.628. The summed E-state index contributed by atoms with van der Waals surface area (Å²) in [5, 5.41) is 5.07. The summed E-state index contributed by atoms with van der Waals surface area (Å²) >= 11 is 0. The Balaban J connectivity index is 2.12. The van der Waals surface area contributed by atoms with Crippen molar-refractivity contribution in [3.63, 3.8) is 0 Å². The van der Waals surface area contributed by atoms with Gasteiger partial charge in [0.15, 0.2) is 8.07 Å². The highest BCUT2D eigenvalue weighted by atomic mass is 28.3. The standard InChI is InChI=1S/C24H19FSi/c25-20-16-18-24(19-17-20)26(21-10-4-1-5-11-21,22-12-6-2-7-13-22)23-14-8-3-9-15-23/h1-19H. The summed E-state index contributed by atoms with van der Waals surface area (Å²) in [5.41, 5.74) is 0. The Morgan fingerprint density at radius 1 is 0.385 bits per heavy atom. The van der Waals surface area contributed by atoms with Crippen LogP contribution in [0.25, 0.3) is 0 Å². The van der Waals surface area contributed by atoms with Crippen LogP contribution in [0.2, 0.25) is 0 Å². The van der Waals surface area contributed by atoms with Gasteiger partial charge in [0, 0.05) is 0 Å². The minimum atomic E-state index is -2.49. The molecule has 4 rings (SSSR count). The molecule has 4 aromatic rings. The maximum absolute atomic E-state index is 13.7. The second-order valence-electron chi connectivity index (χ2n) is 6.35. The molecule has 0 heterocycles. The van der Waals surface area contributed by atoms with Crippen LogP contribution in [0.4, 0.5) is 4.39 Å². The van der Waals surface area contributed by atoms with E-state index in [2.05, 4.69) is 72.8 Å². The highest BCUT2D eigenvalue weighted by Crippen LogP contribution is 2.09. The minimum Gasteiger partial charge on any atom is -0.207 e. The summed E-state index contributed by atoms with van der Waals surface area (Å²) in [4.78, 5) is 0. The van der Waals surface area contributed by atoms with E-state index in [0.717, 1.165) is 0 Å². The molecular formula is C24H19FSi. The van der Waals surface area contributed by atoms with Crippen molar-refractivity contribution in [2.75, 3.05) is 0 Å². The molecule has 0 aromatic heterocycles. The lowest BCUT2D eigenvalue weighted by atomic mass is 10.3. The van der Waals surface area contributed by atoms with Crippen molar-refractivity contribution in [3.05, 3.63) is 121 Å². The van der Waals surface area contributed by atoms with Gasteiger partial charge in [0.05, 0.1) is 0 Å². The van der Waals surface area contributed by atoms with Gasteiger partial charge in [-0.3, -0.25) is 0 Å². The summed E-state index contributed by atoms with van der Waals surface area (Å²) in [6.45, 7) is 0. The van der Waals surface area contributed by atoms with E-state index < -0.39 is 8.07 Å². The summed E-state index contributed by atoms with van der Waals surface area (Å²) < 4.78 is 13.7. The fraction of sp³-hybridized carbons (Fsp3) is 0. The van der Waals surface area contributed by atoms with E-state index in [9.17, 15) is 4.39 Å². The molecule has 0 aliphatic heterocycles. The molecule has 2 heteroatoms. The van der Waals surface area contributed by atoms with Crippen LogP contribution in [-0.4, -0.2) is 8.07 Å². The Kier molecular flexibility index (Phi) is 4.51. The van der Waals surface area contributed by atoms with Crippen molar-refractivity contribution < 1.29 is 4.39 Å². The Labute approximate surface area is 154 Å². The average molecular weight is 355 g/mol. The van der Waals surface area contributed by atoms with Crippen molar-refractivity contribution in [2.24, 2.45) is 0 Å². The third-order valence-electron chi connectivity index (χ3n) is 4.90. The van der Waals surface area contributed by atoms with Gasteiger partial charge in [0.2, 0.25) is 0 Å². The zero-order valence-corrected chi connectivity index (χ0v) is 15.3. The normalized spacial score (nSPS) is 11.3. The predicted octanol–water partition coefficient (Wildman–Crippen LogP) is 3.20. The number of rotatable bonds is 4. The molecule has 0 aliphatic rings. The maximum atomic E-state index is 13.7. The van der Waals surface area contributed by atoms with E-state index in [1.54, 1.807) is 12.1 Å². The molecule has 0 N–H and O–H groups in total. The van der Waals surface area contributed by atoms with Crippen LogP contribution in [0.1, 0.15) is 0 Å². The third kappa shape index (κ3) is 2.79. The van der Waals surface area contributed by atoms with E-state index in [4.69, 9.17) is 0 Å². The molecule has 126 valence electrons. The molecule has 0 nitrogen and oxygen atoms in total. The minimum absolute atomic E-state index is 0.203. The smallest absolute Gasteiger partial charge is 0.179 e. The lowest BCUT2D eigenvalue weighted by Gasteiger charge is -2.34. The van der Waals surface area contributed by atoms with Gasteiger partial charge < -0.3 is 0 Å². The molecule has 0 aliphatic carbocycles. The van der Waals surface area contributed by atoms with E-state index in [1.165, 1.54) is 20.7 Å². The molecule has 0 amide bonds. The Morgan fingerprint density at radius 3 is 1.04 bits per heavy atom. The molecule has 0 unspecified atom stereocenters. The van der Waals surface area contributed by atoms with Crippen molar-refractivity contribution in [2.45, 2.75) is 0 Å². The van der Waals surface area contributed by atoms with E-state index in [0.29, 0.717) is 0 Å². The van der Waals surface area contributed by atoms with Gasteiger partial charge in [-0.15, -0.1) is 0 Å². The molecule has 4 aromatic carbocycles. The topological polar surface area (TPSA) is 0 Å². The van der Waals surface area contributed by atoms with Crippen LogP contribution in [0, 0.1) is 5.82 Å². The number of benzene rings is 4. The molecule has 0 saturated heterocycles. The third-order valence-corrected chi connectivity index (χ3v) is 9.70. The first-order valence-corrected chi connectivity index (χ1v) is 10.7. The number of halogens is 1. The Morgan fingerprint density at radius 2 is 0.692 bits per heavy atom. The number of hydrogen-bond acceptors (Lipinski definition) is 0. The lowest BCUT2D eigenvalue weighted by Crippen LogP contribution is -2.74. The summed E-state index contributed by atoms with van der Waals surface area (Å²) in [6, 6.07) is 39.0. The van der Waals surface area contributed by atoms with Gasteiger partial charge in [-0.05, 0) is 32.9 Å². The van der Waals surface area contributed by atoms with Gasteiger partial charge in [-0.2, -0.15) is 0 Å². The van der Waals surface area contributed by atoms with Crippen molar-refractivity contribution in [3.8, 4) is 0 Å². The van der Waals surface area contributed by atoms with Gasteiger partial charge in [-0.25, -0.2) is 4.39 Å². The quantitative estimate of drug-likeness (QED) is 0.390. The van der Waals surface area contributed by atoms with Gasteiger partial charge in [0.1, 0.15) is 5.82 Å². The predicted molar refractivity (Wildman–Crippen MR) is 110 cm³/mol. The van der Waals surface area contributed by atoms with E-state index in [1.807, 2.05) is 30.3 Å². The molecule has 0 spiro atoms. The second-order valence-corrected chi connectivity index (χ2v) is 10.2. The molecule has 0 atom stereocenters. The zero-order chi connectivity index (χ0) is 17.8. The molecule has 0 fully saturated rings. The van der Waals surface area contributed by atoms with Crippen LogP contribution in [0.3, 0.4) is 0 Å². The first-order chi connectivity index (χ1) is 12.8. The molecular weight excluding hydrogens is 335 g/mol. The molecule has 0 saturated carbocycles.